The van der Waals surface area contributed by atoms with E-state index in [1.54, 1.807) is 18.0 Å². The van der Waals surface area contributed by atoms with Crippen LogP contribution in [-0.4, -0.2) is 40.2 Å². The van der Waals surface area contributed by atoms with E-state index in [4.69, 9.17) is 4.74 Å². The van der Waals surface area contributed by atoms with Gasteiger partial charge in [0.1, 0.15) is 0 Å². The monoisotopic (exact) mass is 528 g/mol. The number of aromatic nitrogens is 3. The van der Waals surface area contributed by atoms with E-state index in [1.165, 1.54) is 0 Å². The van der Waals surface area contributed by atoms with Crippen molar-refractivity contribution in [2.24, 2.45) is 0 Å². The van der Waals surface area contributed by atoms with E-state index >= 15 is 0 Å². The van der Waals surface area contributed by atoms with E-state index in [0.29, 0.717) is 25.1 Å². The molecule has 7 nitrogen and oxygen atoms in total. The van der Waals surface area contributed by atoms with Gasteiger partial charge in [-0.15, -0.1) is 0 Å². The second-order valence-corrected chi connectivity index (χ2v) is 9.84. The van der Waals surface area contributed by atoms with Gasteiger partial charge in [0.05, 0.1) is 29.1 Å². The molecule has 0 aliphatic rings. The first-order valence-electron chi connectivity index (χ1n) is 12.9. The maximum atomic E-state index is 12.9. The van der Waals surface area contributed by atoms with Gasteiger partial charge >= 0.3 is 5.97 Å². The highest BCUT2D eigenvalue weighted by molar-refractivity contribution is 7.99. The summed E-state index contributed by atoms with van der Waals surface area (Å²) in [6, 6.07) is 19.6. The summed E-state index contributed by atoms with van der Waals surface area (Å²) in [6.45, 7) is 2.84. The van der Waals surface area contributed by atoms with Crippen molar-refractivity contribution in [2.75, 3.05) is 13.2 Å². The molecule has 196 valence electrons. The van der Waals surface area contributed by atoms with Crippen molar-refractivity contribution >= 4 is 46.7 Å². The Morgan fingerprint density at radius 3 is 2.68 bits per heavy atom. The number of hydrogen-bond acceptors (Lipinski definition) is 6. The molecule has 4 aromatic rings. The predicted molar refractivity (Wildman–Crippen MR) is 152 cm³/mol. The predicted octanol–water partition coefficient (Wildman–Crippen LogP) is 6.52. The Kier molecular flexibility index (Phi) is 10.1. The molecule has 0 atom stereocenters. The number of unbranched alkanes of at least 4 members (excludes halogenated alkanes) is 3. The average Bonchev–Trinajstić information content (AvgIpc) is 3.34. The minimum absolute atomic E-state index is 0.0795. The highest BCUT2D eigenvalue weighted by Gasteiger charge is 2.13. The smallest absolute Gasteiger partial charge is 0.305 e. The third-order valence-corrected chi connectivity index (χ3v) is 6.99. The summed E-state index contributed by atoms with van der Waals surface area (Å²) in [5.41, 5.74) is 3.31. The van der Waals surface area contributed by atoms with E-state index in [-0.39, 0.29) is 11.9 Å². The third-order valence-electron chi connectivity index (χ3n) is 5.92. The number of amides is 1. The summed E-state index contributed by atoms with van der Waals surface area (Å²) in [6.07, 6.45) is 9.70. The largest absolute Gasteiger partial charge is 0.466 e. The number of benzene rings is 2. The minimum Gasteiger partial charge on any atom is -0.466 e. The van der Waals surface area contributed by atoms with Gasteiger partial charge in [-0.1, -0.05) is 42.8 Å². The number of carbonyl (C=O) groups excluding carboxylic acids is 2. The van der Waals surface area contributed by atoms with Crippen molar-refractivity contribution in [1.29, 1.82) is 0 Å². The molecule has 0 unspecified atom stereocenters. The number of nitrogens with zero attached hydrogens (tertiary/aromatic N) is 2. The fourth-order valence-electron chi connectivity index (χ4n) is 4.00. The molecular formula is C30H32N4O3S. The average molecular weight is 529 g/mol. The number of hydrogen-bond donors (Lipinski definition) is 2. The molecule has 2 heterocycles. The van der Waals surface area contributed by atoms with Gasteiger partial charge < -0.3 is 10.1 Å². The number of nitrogens with one attached hydrogen (secondary N) is 2. The number of aromatic amines is 1. The van der Waals surface area contributed by atoms with Crippen LogP contribution in [-0.2, 0) is 9.53 Å². The Bertz CT molecular complexity index is 1380. The number of esters is 1. The lowest BCUT2D eigenvalue weighted by Crippen LogP contribution is -2.24. The molecule has 38 heavy (non-hydrogen) atoms. The Morgan fingerprint density at radius 2 is 1.84 bits per heavy atom. The van der Waals surface area contributed by atoms with Crippen LogP contribution in [0.15, 0.2) is 76.7 Å². The number of H-pyrrole nitrogens is 1. The van der Waals surface area contributed by atoms with Gasteiger partial charge in [-0.25, -0.2) is 0 Å². The molecule has 0 saturated carbocycles. The maximum absolute atomic E-state index is 12.9. The number of fused-ring (bicyclic) bond motifs is 1. The van der Waals surface area contributed by atoms with Crippen LogP contribution in [0.25, 0.3) is 23.1 Å². The van der Waals surface area contributed by atoms with E-state index < -0.39 is 0 Å². The summed E-state index contributed by atoms with van der Waals surface area (Å²) in [5.74, 6) is -0.219. The van der Waals surface area contributed by atoms with Gasteiger partial charge in [0.15, 0.2) is 0 Å². The van der Waals surface area contributed by atoms with Gasteiger partial charge in [-0.3, -0.25) is 19.7 Å². The molecule has 0 radical (unpaired) electrons. The lowest BCUT2D eigenvalue weighted by Gasteiger charge is -2.10. The van der Waals surface area contributed by atoms with Crippen LogP contribution in [0.5, 0.6) is 0 Å². The molecule has 0 aliphatic carbocycles. The quantitative estimate of drug-likeness (QED) is 0.151. The standard InChI is InChI=1S/C30H32N4O3S/c1-2-37-29(35)14-5-3-4-9-20-32-30(36)25-12-6-7-13-28(25)38-23-16-17-24-26(33-34-27(24)21-23)18-15-22-11-8-10-19-31-22/h6-8,10-13,15-19,21H,2-5,9,14,20H2,1H3,(H,32,36)(H,33,34). The normalized spacial score (nSPS) is 11.2. The van der Waals surface area contributed by atoms with Crippen LogP contribution in [0.3, 0.4) is 0 Å². The van der Waals surface area contributed by atoms with Crippen molar-refractivity contribution in [3.05, 3.63) is 83.8 Å². The highest BCUT2D eigenvalue weighted by Crippen LogP contribution is 2.33. The van der Waals surface area contributed by atoms with E-state index in [1.807, 2.05) is 73.7 Å². The first-order valence-corrected chi connectivity index (χ1v) is 13.7. The molecule has 4 rings (SSSR count). The lowest BCUT2D eigenvalue weighted by atomic mass is 10.1. The SMILES string of the molecule is CCOC(=O)CCCCCCNC(=O)c1ccccc1Sc1ccc2c(C=Cc3ccccn3)n[nH]c2c1. The summed E-state index contributed by atoms with van der Waals surface area (Å²) < 4.78 is 4.94. The van der Waals surface area contributed by atoms with Crippen LogP contribution in [0.2, 0.25) is 0 Å². The van der Waals surface area contributed by atoms with Crippen molar-refractivity contribution in [2.45, 2.75) is 48.8 Å². The molecule has 1 amide bonds. The molecule has 2 N–H and O–H groups in total. The van der Waals surface area contributed by atoms with Gasteiger partial charge in [-0.2, -0.15) is 5.10 Å². The zero-order valence-corrected chi connectivity index (χ0v) is 22.3. The highest BCUT2D eigenvalue weighted by atomic mass is 32.2. The Labute approximate surface area is 227 Å². The molecule has 8 heteroatoms. The van der Waals surface area contributed by atoms with Crippen LogP contribution in [0.1, 0.15) is 60.8 Å². The number of ether oxygens (including phenoxy) is 1. The zero-order chi connectivity index (χ0) is 26.6. The van der Waals surface area contributed by atoms with Gasteiger partial charge in [0.25, 0.3) is 5.91 Å². The van der Waals surface area contributed by atoms with Gasteiger partial charge in [0, 0.05) is 34.3 Å². The minimum atomic E-state index is -0.139. The van der Waals surface area contributed by atoms with E-state index in [2.05, 4.69) is 26.6 Å². The number of carbonyl (C=O) groups is 2. The maximum Gasteiger partial charge on any atom is 0.305 e. The second kappa shape index (κ2) is 14.1. The van der Waals surface area contributed by atoms with Crippen molar-refractivity contribution in [3.8, 4) is 0 Å². The Hall–Kier alpha value is -3.91. The number of pyridine rings is 1. The van der Waals surface area contributed by atoms with Crippen LogP contribution in [0, 0.1) is 0 Å². The van der Waals surface area contributed by atoms with Crippen LogP contribution >= 0.6 is 11.8 Å². The lowest BCUT2D eigenvalue weighted by molar-refractivity contribution is -0.143. The third kappa shape index (κ3) is 7.79. The van der Waals surface area contributed by atoms with Crippen LogP contribution in [0.4, 0.5) is 0 Å². The van der Waals surface area contributed by atoms with Gasteiger partial charge in [0.2, 0.25) is 0 Å². The molecule has 0 saturated heterocycles. The van der Waals surface area contributed by atoms with Crippen molar-refractivity contribution in [1.82, 2.24) is 20.5 Å². The summed E-state index contributed by atoms with van der Waals surface area (Å²) in [7, 11) is 0. The molecular weight excluding hydrogens is 496 g/mol. The molecule has 0 aliphatic heterocycles. The summed E-state index contributed by atoms with van der Waals surface area (Å²) >= 11 is 1.55. The van der Waals surface area contributed by atoms with Crippen LogP contribution < -0.4 is 5.32 Å². The van der Waals surface area contributed by atoms with E-state index in [9.17, 15) is 9.59 Å². The first-order chi connectivity index (χ1) is 18.6. The Balaban J connectivity index is 1.31. The first kappa shape index (κ1) is 27.1. The molecule has 0 bridgehead atoms. The Morgan fingerprint density at radius 1 is 1.00 bits per heavy atom. The van der Waals surface area contributed by atoms with Crippen molar-refractivity contribution < 1.29 is 14.3 Å². The summed E-state index contributed by atoms with van der Waals surface area (Å²) in [4.78, 5) is 30.5. The van der Waals surface area contributed by atoms with Gasteiger partial charge in [-0.05, 0) is 74.4 Å². The fourth-order valence-corrected chi connectivity index (χ4v) is 4.98. The molecule has 0 fully saturated rings. The second-order valence-electron chi connectivity index (χ2n) is 8.73. The van der Waals surface area contributed by atoms with E-state index in [0.717, 1.165) is 57.8 Å². The van der Waals surface area contributed by atoms with Crippen molar-refractivity contribution in [3.63, 3.8) is 0 Å². The zero-order valence-electron chi connectivity index (χ0n) is 21.5. The fraction of sp³-hybridized carbons (Fsp3) is 0.267. The number of rotatable bonds is 13. The molecule has 2 aromatic heterocycles. The summed E-state index contributed by atoms with van der Waals surface area (Å²) in [5, 5.41) is 11.6. The topological polar surface area (TPSA) is 97.0 Å². The molecule has 0 spiro atoms. The molecule has 2 aromatic carbocycles.